The topological polar surface area (TPSA) is 62.3 Å². The smallest absolute Gasteiger partial charge is 0.136 e. The molecule has 1 rings (SSSR count). The molecule has 1 aromatic rings. The SMILES string of the molecule is CCN(Cc1ccc(OC)c(C#N)c1)CC(C)(C)CN. The van der Waals surface area contributed by atoms with Crippen molar-refractivity contribution in [2.24, 2.45) is 11.1 Å². The molecule has 0 spiro atoms. The van der Waals surface area contributed by atoms with Crippen molar-refractivity contribution in [3.63, 3.8) is 0 Å². The van der Waals surface area contributed by atoms with E-state index in [1.54, 1.807) is 7.11 Å². The first-order valence-corrected chi connectivity index (χ1v) is 6.95. The van der Waals surface area contributed by atoms with Crippen LogP contribution in [0.1, 0.15) is 31.9 Å². The molecular weight excluding hydrogens is 250 g/mol. The normalized spacial score (nSPS) is 11.4. The minimum atomic E-state index is 0.0978. The number of ether oxygens (including phenoxy) is 1. The van der Waals surface area contributed by atoms with Gasteiger partial charge in [0.15, 0.2) is 0 Å². The van der Waals surface area contributed by atoms with Gasteiger partial charge in [-0.3, -0.25) is 4.90 Å². The van der Waals surface area contributed by atoms with Gasteiger partial charge in [-0.1, -0.05) is 26.8 Å². The van der Waals surface area contributed by atoms with Crippen molar-refractivity contribution >= 4 is 0 Å². The minimum Gasteiger partial charge on any atom is -0.495 e. The Balaban J connectivity index is 2.83. The second-order valence-electron chi connectivity index (χ2n) is 5.82. The molecule has 0 fully saturated rings. The highest BCUT2D eigenvalue weighted by Crippen LogP contribution is 2.21. The quantitative estimate of drug-likeness (QED) is 0.830. The molecule has 4 nitrogen and oxygen atoms in total. The first kappa shape index (κ1) is 16.5. The third-order valence-corrected chi connectivity index (χ3v) is 3.44. The lowest BCUT2D eigenvalue weighted by molar-refractivity contribution is 0.183. The summed E-state index contributed by atoms with van der Waals surface area (Å²) in [5, 5.41) is 9.13. The number of nitriles is 1. The Morgan fingerprint density at radius 3 is 2.60 bits per heavy atom. The van der Waals surface area contributed by atoms with Crippen LogP contribution in [0.3, 0.4) is 0 Å². The van der Waals surface area contributed by atoms with Crippen LogP contribution in [0.5, 0.6) is 5.75 Å². The summed E-state index contributed by atoms with van der Waals surface area (Å²) >= 11 is 0. The fourth-order valence-corrected chi connectivity index (χ4v) is 2.15. The Kier molecular flexibility index (Phi) is 6.00. The lowest BCUT2D eigenvalue weighted by Crippen LogP contribution is -2.38. The van der Waals surface area contributed by atoms with Crippen LogP contribution in [0.2, 0.25) is 0 Å². The van der Waals surface area contributed by atoms with E-state index in [-0.39, 0.29) is 5.41 Å². The molecule has 0 radical (unpaired) electrons. The molecule has 0 saturated heterocycles. The minimum absolute atomic E-state index is 0.0978. The average molecular weight is 275 g/mol. The van der Waals surface area contributed by atoms with E-state index in [1.807, 2.05) is 18.2 Å². The Labute approximate surface area is 122 Å². The third-order valence-electron chi connectivity index (χ3n) is 3.44. The van der Waals surface area contributed by atoms with Crippen molar-refractivity contribution in [3.8, 4) is 11.8 Å². The van der Waals surface area contributed by atoms with Crippen LogP contribution >= 0.6 is 0 Å². The van der Waals surface area contributed by atoms with E-state index < -0.39 is 0 Å². The summed E-state index contributed by atoms with van der Waals surface area (Å²) in [4.78, 5) is 2.34. The monoisotopic (exact) mass is 275 g/mol. The first-order valence-electron chi connectivity index (χ1n) is 6.95. The predicted molar refractivity (Wildman–Crippen MR) is 81.5 cm³/mol. The molecule has 0 atom stereocenters. The zero-order chi connectivity index (χ0) is 15.2. The molecule has 0 heterocycles. The zero-order valence-electron chi connectivity index (χ0n) is 12.9. The number of methoxy groups -OCH3 is 1. The summed E-state index contributed by atoms with van der Waals surface area (Å²) in [5.74, 6) is 0.626. The molecule has 0 unspecified atom stereocenters. The standard InChI is InChI=1S/C16H25N3O/c1-5-19(12-16(2,3)11-18)10-13-6-7-15(20-4)14(8-13)9-17/h6-8H,5,10-12,18H2,1-4H3. The summed E-state index contributed by atoms with van der Waals surface area (Å²) in [6.45, 7) is 9.86. The summed E-state index contributed by atoms with van der Waals surface area (Å²) in [6, 6.07) is 7.94. The second kappa shape index (κ2) is 7.28. The molecule has 1 aromatic carbocycles. The van der Waals surface area contributed by atoms with Gasteiger partial charge in [0.05, 0.1) is 12.7 Å². The van der Waals surface area contributed by atoms with Gasteiger partial charge in [0, 0.05) is 13.1 Å². The number of nitrogens with two attached hydrogens (primary N) is 1. The largest absolute Gasteiger partial charge is 0.495 e. The number of nitrogens with zero attached hydrogens (tertiary/aromatic N) is 2. The molecule has 0 saturated carbocycles. The molecule has 0 aliphatic heterocycles. The number of hydrogen-bond acceptors (Lipinski definition) is 4. The van der Waals surface area contributed by atoms with E-state index >= 15 is 0 Å². The fraction of sp³-hybridized carbons (Fsp3) is 0.562. The van der Waals surface area contributed by atoms with Gasteiger partial charge >= 0.3 is 0 Å². The van der Waals surface area contributed by atoms with E-state index in [0.717, 1.165) is 25.2 Å². The van der Waals surface area contributed by atoms with Crippen LogP contribution in [0, 0.1) is 16.7 Å². The van der Waals surface area contributed by atoms with E-state index in [4.69, 9.17) is 15.7 Å². The zero-order valence-corrected chi connectivity index (χ0v) is 12.9. The number of rotatable bonds is 7. The molecule has 0 aliphatic carbocycles. The molecule has 0 amide bonds. The highest BCUT2D eigenvalue weighted by Gasteiger charge is 2.19. The molecule has 0 aromatic heterocycles. The summed E-state index contributed by atoms with van der Waals surface area (Å²) in [7, 11) is 1.58. The first-order chi connectivity index (χ1) is 9.45. The van der Waals surface area contributed by atoms with Crippen molar-refractivity contribution in [2.45, 2.75) is 27.3 Å². The van der Waals surface area contributed by atoms with Gasteiger partial charge in [0.2, 0.25) is 0 Å². The van der Waals surface area contributed by atoms with Gasteiger partial charge in [0.1, 0.15) is 11.8 Å². The molecule has 110 valence electrons. The van der Waals surface area contributed by atoms with Gasteiger partial charge in [-0.2, -0.15) is 5.26 Å². The van der Waals surface area contributed by atoms with Gasteiger partial charge in [-0.25, -0.2) is 0 Å². The Morgan fingerprint density at radius 1 is 1.40 bits per heavy atom. The highest BCUT2D eigenvalue weighted by atomic mass is 16.5. The molecule has 20 heavy (non-hydrogen) atoms. The van der Waals surface area contributed by atoms with E-state index in [9.17, 15) is 0 Å². The molecule has 0 aliphatic rings. The Hall–Kier alpha value is -1.57. The van der Waals surface area contributed by atoms with Crippen molar-refractivity contribution in [1.29, 1.82) is 5.26 Å². The van der Waals surface area contributed by atoms with Gasteiger partial charge < -0.3 is 10.5 Å². The Morgan fingerprint density at radius 2 is 2.10 bits per heavy atom. The fourth-order valence-electron chi connectivity index (χ4n) is 2.15. The maximum absolute atomic E-state index is 9.13. The number of hydrogen-bond donors (Lipinski definition) is 1. The van der Waals surface area contributed by atoms with Crippen molar-refractivity contribution in [1.82, 2.24) is 4.90 Å². The van der Waals surface area contributed by atoms with Crippen LogP contribution in [0.4, 0.5) is 0 Å². The maximum Gasteiger partial charge on any atom is 0.136 e. The lowest BCUT2D eigenvalue weighted by atomic mass is 9.93. The average Bonchev–Trinajstić information content (AvgIpc) is 2.46. The third kappa shape index (κ3) is 4.52. The summed E-state index contributed by atoms with van der Waals surface area (Å²) in [6.07, 6.45) is 0. The van der Waals surface area contributed by atoms with Gasteiger partial charge in [-0.05, 0) is 36.2 Å². The molecule has 4 heteroatoms. The maximum atomic E-state index is 9.13. The van der Waals surface area contributed by atoms with E-state index in [0.29, 0.717) is 17.9 Å². The van der Waals surface area contributed by atoms with Crippen molar-refractivity contribution < 1.29 is 4.74 Å². The van der Waals surface area contributed by atoms with E-state index in [1.165, 1.54) is 0 Å². The van der Waals surface area contributed by atoms with Crippen LogP contribution in [0.15, 0.2) is 18.2 Å². The van der Waals surface area contributed by atoms with E-state index in [2.05, 4.69) is 31.7 Å². The van der Waals surface area contributed by atoms with Crippen molar-refractivity contribution in [2.75, 3.05) is 26.7 Å². The molecule has 2 N–H and O–H groups in total. The van der Waals surface area contributed by atoms with Crippen molar-refractivity contribution in [3.05, 3.63) is 29.3 Å². The molecular formula is C16H25N3O. The summed E-state index contributed by atoms with van der Waals surface area (Å²) in [5.41, 5.74) is 7.60. The molecule has 0 bridgehead atoms. The van der Waals surface area contributed by atoms with Crippen LogP contribution in [-0.4, -0.2) is 31.6 Å². The second-order valence-corrected chi connectivity index (χ2v) is 5.82. The van der Waals surface area contributed by atoms with Gasteiger partial charge in [0.25, 0.3) is 0 Å². The Bertz CT molecular complexity index is 477. The summed E-state index contributed by atoms with van der Waals surface area (Å²) < 4.78 is 5.17. The predicted octanol–water partition coefficient (Wildman–Crippen LogP) is 2.37. The lowest BCUT2D eigenvalue weighted by Gasteiger charge is -2.31. The van der Waals surface area contributed by atoms with Gasteiger partial charge in [-0.15, -0.1) is 0 Å². The van der Waals surface area contributed by atoms with Crippen LogP contribution in [0.25, 0.3) is 0 Å². The van der Waals surface area contributed by atoms with Crippen LogP contribution < -0.4 is 10.5 Å². The number of benzene rings is 1. The highest BCUT2D eigenvalue weighted by molar-refractivity contribution is 5.45. The van der Waals surface area contributed by atoms with Crippen LogP contribution in [-0.2, 0) is 6.54 Å².